The quantitative estimate of drug-likeness (QED) is 0.838. The minimum atomic E-state index is -0.119. The Kier molecular flexibility index (Phi) is 5.42. The molecule has 1 aromatic heterocycles. The van der Waals surface area contributed by atoms with Crippen molar-refractivity contribution in [2.45, 2.75) is 13.8 Å². The molecule has 0 radical (unpaired) electrons. The number of nitrogens with zero attached hydrogens (tertiary/aromatic N) is 3. The van der Waals surface area contributed by atoms with E-state index in [0.717, 1.165) is 28.9 Å². The molecular weight excluding hydrogens is 352 g/mol. The molecule has 3 rings (SSSR count). The van der Waals surface area contributed by atoms with Crippen molar-refractivity contribution >= 4 is 35.3 Å². The lowest BCUT2D eigenvalue weighted by Crippen LogP contribution is -2.48. The summed E-state index contributed by atoms with van der Waals surface area (Å²) in [6.07, 6.45) is 2.45. The van der Waals surface area contributed by atoms with Crippen LogP contribution in [0.3, 0.4) is 0 Å². The number of piperazine rings is 1. The van der Waals surface area contributed by atoms with E-state index < -0.39 is 0 Å². The van der Waals surface area contributed by atoms with Gasteiger partial charge >= 0.3 is 0 Å². The van der Waals surface area contributed by atoms with Gasteiger partial charge in [-0.15, -0.1) is 0 Å². The number of aromatic nitrogens is 1. The van der Waals surface area contributed by atoms with E-state index in [1.807, 2.05) is 26.0 Å². The number of hydrogen-bond donors (Lipinski definition) is 1. The molecule has 1 fully saturated rings. The first kappa shape index (κ1) is 18.2. The maximum absolute atomic E-state index is 12.5. The van der Waals surface area contributed by atoms with Crippen molar-refractivity contribution in [2.24, 2.45) is 0 Å². The Balaban J connectivity index is 1.69. The molecule has 0 saturated carbocycles. The summed E-state index contributed by atoms with van der Waals surface area (Å²) in [5, 5.41) is 3.91. The number of benzene rings is 1. The summed E-state index contributed by atoms with van der Waals surface area (Å²) in [5.74, 6) is -0.119. The third kappa shape index (κ3) is 3.96. The average molecular weight is 373 g/mol. The standard InChI is InChI=1S/C19H21ClN4O2/c1-13-9-14(2)18(16(20)10-13)22-15-3-4-17(21-11-15)19(26)24-7-5-23(12-25)6-8-24/h3-4,9-12,22H,5-8H2,1-2H3. The minimum Gasteiger partial charge on any atom is -0.353 e. The van der Waals surface area contributed by atoms with Crippen molar-refractivity contribution in [3.63, 3.8) is 0 Å². The van der Waals surface area contributed by atoms with Crippen LogP contribution >= 0.6 is 11.6 Å². The fourth-order valence-electron chi connectivity index (χ4n) is 3.01. The number of hydrogen-bond acceptors (Lipinski definition) is 4. The van der Waals surface area contributed by atoms with Gasteiger partial charge in [-0.25, -0.2) is 4.98 Å². The van der Waals surface area contributed by atoms with Gasteiger partial charge in [-0.05, 0) is 43.2 Å². The summed E-state index contributed by atoms with van der Waals surface area (Å²) in [5.41, 5.74) is 4.14. The fourth-order valence-corrected chi connectivity index (χ4v) is 3.37. The van der Waals surface area contributed by atoms with E-state index in [-0.39, 0.29) is 5.91 Å². The molecule has 0 spiro atoms. The highest BCUT2D eigenvalue weighted by Crippen LogP contribution is 2.30. The van der Waals surface area contributed by atoms with Gasteiger partial charge < -0.3 is 15.1 Å². The molecule has 26 heavy (non-hydrogen) atoms. The van der Waals surface area contributed by atoms with Crippen molar-refractivity contribution in [1.82, 2.24) is 14.8 Å². The van der Waals surface area contributed by atoms with Gasteiger partial charge in [0.15, 0.2) is 0 Å². The van der Waals surface area contributed by atoms with Crippen LogP contribution in [0.1, 0.15) is 21.6 Å². The summed E-state index contributed by atoms with van der Waals surface area (Å²) < 4.78 is 0. The van der Waals surface area contributed by atoms with E-state index in [4.69, 9.17) is 11.6 Å². The summed E-state index contributed by atoms with van der Waals surface area (Å²) >= 11 is 6.32. The fraction of sp³-hybridized carbons (Fsp3) is 0.316. The lowest BCUT2D eigenvalue weighted by molar-refractivity contribution is -0.119. The van der Waals surface area contributed by atoms with Crippen molar-refractivity contribution in [2.75, 3.05) is 31.5 Å². The topological polar surface area (TPSA) is 65.5 Å². The van der Waals surface area contributed by atoms with Crippen LogP contribution in [0.15, 0.2) is 30.5 Å². The van der Waals surface area contributed by atoms with E-state index in [0.29, 0.717) is 36.9 Å². The number of carbonyl (C=O) groups is 2. The second-order valence-electron chi connectivity index (χ2n) is 6.43. The summed E-state index contributed by atoms with van der Waals surface area (Å²) in [6.45, 7) is 6.15. The Morgan fingerprint density at radius 3 is 2.50 bits per heavy atom. The number of aryl methyl sites for hydroxylation is 2. The number of pyridine rings is 1. The molecule has 0 bridgehead atoms. The minimum absolute atomic E-state index is 0.119. The third-order valence-corrected chi connectivity index (χ3v) is 4.73. The maximum Gasteiger partial charge on any atom is 0.272 e. The molecule has 2 heterocycles. The third-order valence-electron chi connectivity index (χ3n) is 4.43. The predicted octanol–water partition coefficient (Wildman–Crippen LogP) is 3.01. The average Bonchev–Trinajstić information content (AvgIpc) is 2.64. The van der Waals surface area contributed by atoms with Gasteiger partial charge in [-0.3, -0.25) is 9.59 Å². The Labute approximate surface area is 157 Å². The van der Waals surface area contributed by atoms with Crippen molar-refractivity contribution in [1.29, 1.82) is 0 Å². The van der Waals surface area contributed by atoms with E-state index >= 15 is 0 Å². The Morgan fingerprint density at radius 1 is 1.19 bits per heavy atom. The molecule has 0 unspecified atom stereocenters. The van der Waals surface area contributed by atoms with Crippen LogP contribution < -0.4 is 5.32 Å². The molecular formula is C19H21ClN4O2. The van der Waals surface area contributed by atoms with Crippen LogP contribution in [-0.2, 0) is 4.79 Å². The largest absolute Gasteiger partial charge is 0.353 e. The molecule has 7 heteroatoms. The van der Waals surface area contributed by atoms with Crippen LogP contribution in [0, 0.1) is 13.8 Å². The molecule has 1 saturated heterocycles. The molecule has 1 N–H and O–H groups in total. The first-order valence-electron chi connectivity index (χ1n) is 8.46. The second kappa shape index (κ2) is 7.74. The lowest BCUT2D eigenvalue weighted by atomic mass is 10.1. The highest BCUT2D eigenvalue weighted by molar-refractivity contribution is 6.33. The van der Waals surface area contributed by atoms with Crippen molar-refractivity contribution in [3.8, 4) is 0 Å². The van der Waals surface area contributed by atoms with Gasteiger partial charge in [0.05, 0.1) is 22.6 Å². The first-order chi connectivity index (χ1) is 12.5. The summed E-state index contributed by atoms with van der Waals surface area (Å²) in [7, 11) is 0. The second-order valence-corrected chi connectivity index (χ2v) is 6.84. The first-order valence-corrected chi connectivity index (χ1v) is 8.84. The zero-order chi connectivity index (χ0) is 18.7. The lowest BCUT2D eigenvalue weighted by Gasteiger charge is -2.32. The van der Waals surface area contributed by atoms with E-state index in [2.05, 4.69) is 16.4 Å². The summed E-state index contributed by atoms with van der Waals surface area (Å²) in [6, 6.07) is 7.48. The number of amides is 2. The molecule has 6 nitrogen and oxygen atoms in total. The van der Waals surface area contributed by atoms with Gasteiger partial charge in [-0.1, -0.05) is 17.7 Å². The predicted molar refractivity (Wildman–Crippen MR) is 102 cm³/mol. The molecule has 1 aliphatic rings. The monoisotopic (exact) mass is 372 g/mol. The summed E-state index contributed by atoms with van der Waals surface area (Å²) in [4.78, 5) is 30.9. The van der Waals surface area contributed by atoms with Gasteiger partial charge in [0.25, 0.3) is 5.91 Å². The molecule has 2 amide bonds. The zero-order valence-electron chi connectivity index (χ0n) is 14.8. The van der Waals surface area contributed by atoms with Crippen LogP contribution in [-0.4, -0.2) is 53.3 Å². The SMILES string of the molecule is Cc1cc(C)c(Nc2ccc(C(=O)N3CCN(C=O)CC3)nc2)c(Cl)c1. The van der Waals surface area contributed by atoms with Crippen LogP contribution in [0.2, 0.25) is 5.02 Å². The Bertz CT molecular complexity index is 792. The molecule has 1 aromatic carbocycles. The van der Waals surface area contributed by atoms with Gasteiger partial charge in [0.1, 0.15) is 5.69 Å². The van der Waals surface area contributed by atoms with Crippen LogP contribution in [0.4, 0.5) is 11.4 Å². The molecule has 136 valence electrons. The number of nitrogens with one attached hydrogen (secondary N) is 1. The Hall–Kier alpha value is -2.60. The van der Waals surface area contributed by atoms with Crippen LogP contribution in [0.25, 0.3) is 0 Å². The van der Waals surface area contributed by atoms with Crippen molar-refractivity contribution < 1.29 is 9.59 Å². The normalized spacial score (nSPS) is 14.3. The van der Waals surface area contributed by atoms with E-state index in [1.165, 1.54) is 0 Å². The molecule has 0 aliphatic carbocycles. The van der Waals surface area contributed by atoms with Crippen molar-refractivity contribution in [3.05, 3.63) is 52.3 Å². The highest BCUT2D eigenvalue weighted by atomic mass is 35.5. The molecule has 1 aliphatic heterocycles. The highest BCUT2D eigenvalue weighted by Gasteiger charge is 2.22. The maximum atomic E-state index is 12.5. The number of rotatable bonds is 4. The molecule has 2 aromatic rings. The number of halogens is 1. The Morgan fingerprint density at radius 2 is 1.92 bits per heavy atom. The molecule has 0 atom stereocenters. The zero-order valence-corrected chi connectivity index (χ0v) is 15.6. The van der Waals surface area contributed by atoms with E-state index in [9.17, 15) is 9.59 Å². The van der Waals surface area contributed by atoms with Crippen LogP contribution in [0.5, 0.6) is 0 Å². The smallest absolute Gasteiger partial charge is 0.272 e. The number of carbonyl (C=O) groups excluding carboxylic acids is 2. The van der Waals surface area contributed by atoms with Gasteiger partial charge in [-0.2, -0.15) is 0 Å². The van der Waals surface area contributed by atoms with Gasteiger partial charge in [0.2, 0.25) is 6.41 Å². The number of anilines is 2. The van der Waals surface area contributed by atoms with Gasteiger partial charge in [0, 0.05) is 26.2 Å². The van der Waals surface area contributed by atoms with E-state index in [1.54, 1.807) is 22.1 Å².